The van der Waals surface area contributed by atoms with Crippen molar-refractivity contribution in [2.24, 2.45) is 0 Å². The fraction of sp³-hybridized carbons (Fsp3) is 0.385. The Morgan fingerprint density at radius 1 is 1.25 bits per heavy atom. The predicted octanol–water partition coefficient (Wildman–Crippen LogP) is 1.54. The summed E-state index contributed by atoms with van der Waals surface area (Å²) in [5.41, 5.74) is 1.90. The molecule has 1 aliphatic rings. The van der Waals surface area contributed by atoms with Gasteiger partial charge in [0.25, 0.3) is 0 Å². The van der Waals surface area contributed by atoms with E-state index in [4.69, 9.17) is 4.74 Å². The van der Waals surface area contributed by atoms with Crippen molar-refractivity contribution in [2.45, 2.75) is 6.54 Å². The smallest absolute Gasteiger partial charge is 0.163 e. The summed E-state index contributed by atoms with van der Waals surface area (Å²) in [6.07, 6.45) is 0. The fourth-order valence-electron chi connectivity index (χ4n) is 1.81. The van der Waals surface area contributed by atoms with E-state index >= 15 is 0 Å². The molecule has 1 saturated heterocycles. The Balaban J connectivity index is 1.96. The summed E-state index contributed by atoms with van der Waals surface area (Å²) in [6.45, 7) is 7.91. The molecule has 85 valence electrons. The van der Waals surface area contributed by atoms with Crippen molar-refractivity contribution in [3.05, 3.63) is 42.3 Å². The van der Waals surface area contributed by atoms with Crippen LogP contribution in [0, 0.1) is 6.92 Å². The van der Waals surface area contributed by atoms with Crippen LogP contribution in [0.2, 0.25) is 0 Å². The summed E-state index contributed by atoms with van der Waals surface area (Å²) in [6, 6.07) is 7.66. The first-order valence-corrected chi connectivity index (χ1v) is 5.51. The molecule has 0 aliphatic carbocycles. The molecule has 3 nitrogen and oxygen atoms in total. The molecule has 0 bridgehead atoms. The standard InChI is InChI=1S/C13H16NO2/c1-11(15)13-4-2-12(3-5-13)10-14-6-8-16-9-7-14/h2-5H,1,6-10H2. The normalized spacial score (nSPS) is 17.3. The molecule has 2 rings (SSSR count). The Morgan fingerprint density at radius 2 is 1.88 bits per heavy atom. The monoisotopic (exact) mass is 218 g/mol. The van der Waals surface area contributed by atoms with Gasteiger partial charge in [-0.2, -0.15) is 0 Å². The average molecular weight is 218 g/mol. The van der Waals surface area contributed by atoms with Crippen LogP contribution >= 0.6 is 0 Å². The molecule has 0 saturated carbocycles. The third-order valence-electron chi connectivity index (χ3n) is 2.79. The van der Waals surface area contributed by atoms with E-state index in [1.807, 2.05) is 24.3 Å². The Labute approximate surface area is 96.0 Å². The van der Waals surface area contributed by atoms with Crippen LogP contribution < -0.4 is 0 Å². The summed E-state index contributed by atoms with van der Waals surface area (Å²) in [4.78, 5) is 13.4. The van der Waals surface area contributed by atoms with Crippen LogP contribution in [0.3, 0.4) is 0 Å². The van der Waals surface area contributed by atoms with E-state index in [0.29, 0.717) is 5.56 Å². The summed E-state index contributed by atoms with van der Waals surface area (Å²) in [5, 5.41) is 0. The lowest BCUT2D eigenvalue weighted by Crippen LogP contribution is -2.35. The molecule has 3 heteroatoms. The Bertz CT molecular complexity index is 353. The highest BCUT2D eigenvalue weighted by Gasteiger charge is 2.10. The fourth-order valence-corrected chi connectivity index (χ4v) is 1.81. The van der Waals surface area contributed by atoms with E-state index < -0.39 is 0 Å². The Kier molecular flexibility index (Phi) is 3.70. The highest BCUT2D eigenvalue weighted by atomic mass is 16.5. The zero-order valence-corrected chi connectivity index (χ0v) is 9.32. The molecule has 0 N–H and O–H groups in total. The van der Waals surface area contributed by atoms with Crippen molar-refractivity contribution < 1.29 is 9.53 Å². The van der Waals surface area contributed by atoms with Gasteiger partial charge in [0.2, 0.25) is 0 Å². The van der Waals surface area contributed by atoms with Crippen molar-refractivity contribution in [2.75, 3.05) is 26.3 Å². The number of carbonyl (C=O) groups is 1. The second kappa shape index (κ2) is 5.23. The number of hydrogen-bond acceptors (Lipinski definition) is 3. The van der Waals surface area contributed by atoms with Crippen LogP contribution in [0.4, 0.5) is 0 Å². The summed E-state index contributed by atoms with van der Waals surface area (Å²) in [5.74, 6) is -0.127. The number of ketones is 1. The van der Waals surface area contributed by atoms with Crippen LogP contribution in [0.15, 0.2) is 24.3 Å². The highest BCUT2D eigenvalue weighted by Crippen LogP contribution is 2.09. The Morgan fingerprint density at radius 3 is 2.44 bits per heavy atom. The van der Waals surface area contributed by atoms with Gasteiger partial charge in [-0.05, 0) is 5.56 Å². The third-order valence-corrected chi connectivity index (χ3v) is 2.79. The van der Waals surface area contributed by atoms with Gasteiger partial charge in [0.05, 0.1) is 13.2 Å². The average Bonchev–Trinajstić information content (AvgIpc) is 2.31. The van der Waals surface area contributed by atoms with Gasteiger partial charge in [-0.3, -0.25) is 9.69 Å². The van der Waals surface area contributed by atoms with Gasteiger partial charge in [0.1, 0.15) is 0 Å². The van der Waals surface area contributed by atoms with Crippen molar-refractivity contribution in [1.29, 1.82) is 0 Å². The number of hydrogen-bond donors (Lipinski definition) is 0. The second-order valence-corrected chi connectivity index (χ2v) is 4.01. The van der Waals surface area contributed by atoms with Crippen molar-refractivity contribution in [3.8, 4) is 0 Å². The largest absolute Gasteiger partial charge is 0.379 e. The molecular formula is C13H16NO2. The zero-order chi connectivity index (χ0) is 11.4. The number of rotatable bonds is 3. The number of nitrogens with zero attached hydrogens (tertiary/aromatic N) is 1. The molecule has 0 amide bonds. The molecule has 1 aliphatic heterocycles. The van der Waals surface area contributed by atoms with Crippen molar-refractivity contribution in [3.63, 3.8) is 0 Å². The van der Waals surface area contributed by atoms with E-state index in [1.165, 1.54) is 5.56 Å². The van der Waals surface area contributed by atoms with Gasteiger partial charge in [-0.25, -0.2) is 0 Å². The van der Waals surface area contributed by atoms with Crippen LogP contribution in [-0.4, -0.2) is 37.0 Å². The molecule has 16 heavy (non-hydrogen) atoms. The maximum Gasteiger partial charge on any atom is 0.163 e. The molecule has 0 unspecified atom stereocenters. The van der Waals surface area contributed by atoms with Crippen LogP contribution in [0.25, 0.3) is 0 Å². The number of benzene rings is 1. The zero-order valence-electron chi connectivity index (χ0n) is 9.32. The molecule has 0 spiro atoms. The quantitative estimate of drug-likeness (QED) is 0.721. The van der Waals surface area contributed by atoms with Gasteiger partial charge >= 0.3 is 0 Å². The molecule has 1 heterocycles. The SMILES string of the molecule is [CH2]C(=O)c1ccc(CN2CCOCC2)cc1. The van der Waals surface area contributed by atoms with Gasteiger partial charge in [0.15, 0.2) is 5.78 Å². The van der Waals surface area contributed by atoms with Crippen molar-refractivity contribution in [1.82, 2.24) is 4.90 Å². The number of ether oxygens (including phenoxy) is 1. The maximum absolute atomic E-state index is 11.0. The number of carbonyl (C=O) groups excluding carboxylic acids is 1. The molecule has 0 aromatic heterocycles. The van der Waals surface area contributed by atoms with Gasteiger partial charge in [-0.1, -0.05) is 24.3 Å². The van der Waals surface area contributed by atoms with Crippen LogP contribution in [0.5, 0.6) is 0 Å². The Hall–Kier alpha value is -1.19. The van der Waals surface area contributed by atoms with E-state index in [0.717, 1.165) is 32.8 Å². The molecule has 1 fully saturated rings. The minimum atomic E-state index is -0.127. The first kappa shape index (κ1) is 11.3. The molecular weight excluding hydrogens is 202 g/mol. The minimum Gasteiger partial charge on any atom is -0.379 e. The molecule has 1 radical (unpaired) electrons. The lowest BCUT2D eigenvalue weighted by atomic mass is 10.1. The van der Waals surface area contributed by atoms with E-state index in [2.05, 4.69) is 11.8 Å². The van der Waals surface area contributed by atoms with Crippen LogP contribution in [0.1, 0.15) is 15.9 Å². The van der Waals surface area contributed by atoms with Crippen molar-refractivity contribution >= 4 is 5.78 Å². The molecule has 0 atom stereocenters. The summed E-state index contributed by atoms with van der Waals surface area (Å²) < 4.78 is 5.29. The van der Waals surface area contributed by atoms with E-state index in [1.54, 1.807) is 0 Å². The first-order chi connectivity index (χ1) is 7.75. The lowest BCUT2D eigenvalue weighted by Gasteiger charge is -2.26. The third kappa shape index (κ3) is 2.90. The summed E-state index contributed by atoms with van der Waals surface area (Å²) in [7, 11) is 0. The number of morpholine rings is 1. The summed E-state index contributed by atoms with van der Waals surface area (Å²) >= 11 is 0. The maximum atomic E-state index is 11.0. The van der Waals surface area contributed by atoms with Crippen LogP contribution in [-0.2, 0) is 11.3 Å². The first-order valence-electron chi connectivity index (χ1n) is 5.51. The van der Waals surface area contributed by atoms with Gasteiger partial charge in [0, 0.05) is 32.1 Å². The van der Waals surface area contributed by atoms with Gasteiger partial charge < -0.3 is 4.74 Å². The van der Waals surface area contributed by atoms with E-state index in [9.17, 15) is 4.79 Å². The lowest BCUT2D eigenvalue weighted by molar-refractivity contribution is 0.0342. The molecule has 1 aromatic carbocycles. The number of Topliss-reactive ketones (excluding diaryl/α,β-unsaturated/α-hetero) is 1. The highest BCUT2D eigenvalue weighted by molar-refractivity contribution is 5.99. The predicted molar refractivity (Wildman–Crippen MR) is 62.2 cm³/mol. The second-order valence-electron chi connectivity index (χ2n) is 4.01. The van der Waals surface area contributed by atoms with E-state index in [-0.39, 0.29) is 5.78 Å². The topological polar surface area (TPSA) is 29.5 Å². The van der Waals surface area contributed by atoms with Gasteiger partial charge in [-0.15, -0.1) is 0 Å². The minimum absolute atomic E-state index is 0.127. The molecule has 1 aromatic rings.